The van der Waals surface area contributed by atoms with Gasteiger partial charge in [-0.15, -0.1) is 11.3 Å². The van der Waals surface area contributed by atoms with Crippen LogP contribution in [0.2, 0.25) is 0 Å². The number of primary amides is 1. The Balaban J connectivity index is 0.000000155. The van der Waals surface area contributed by atoms with Crippen molar-refractivity contribution in [3.63, 3.8) is 0 Å². The lowest BCUT2D eigenvalue weighted by molar-refractivity contribution is 0.160. The predicted octanol–water partition coefficient (Wildman–Crippen LogP) is 5.67. The molecule has 1 atom stereocenters. The Bertz CT molecular complexity index is 1180. The molecular weight excluding hydrogens is 418 g/mol. The number of hydrogen-bond acceptors (Lipinski definition) is 4. The number of methoxy groups -OCH3 is 1. The number of carbonyl (C=O) groups is 1. The molecule has 166 valence electrons. The molecule has 1 fully saturated rings. The predicted molar refractivity (Wildman–Crippen MR) is 135 cm³/mol. The van der Waals surface area contributed by atoms with Gasteiger partial charge in [0.15, 0.2) is 0 Å². The molecule has 2 heterocycles. The van der Waals surface area contributed by atoms with Crippen molar-refractivity contribution in [1.82, 2.24) is 4.90 Å². The van der Waals surface area contributed by atoms with E-state index in [4.69, 9.17) is 10.5 Å². The Morgan fingerprint density at radius 1 is 1.06 bits per heavy atom. The number of rotatable bonds is 5. The van der Waals surface area contributed by atoms with Gasteiger partial charge in [0.05, 0.1) is 12.3 Å². The van der Waals surface area contributed by atoms with Crippen molar-refractivity contribution in [1.29, 1.82) is 0 Å². The largest absolute Gasteiger partial charge is 0.383 e. The van der Waals surface area contributed by atoms with Crippen LogP contribution in [-0.2, 0) is 4.74 Å². The smallest absolute Gasteiger partial charge is 0.316 e. The normalized spacial score (nSPS) is 16.1. The first-order valence-electron chi connectivity index (χ1n) is 10.9. The summed E-state index contributed by atoms with van der Waals surface area (Å²) in [7, 11) is 1.77. The number of nitrogens with two attached hydrogens (primary N) is 1. The molecule has 1 aliphatic rings. The van der Waals surface area contributed by atoms with Gasteiger partial charge in [0.1, 0.15) is 0 Å². The van der Waals surface area contributed by atoms with Crippen molar-refractivity contribution < 1.29 is 9.53 Å². The van der Waals surface area contributed by atoms with E-state index in [1.165, 1.54) is 29.8 Å². The highest BCUT2D eigenvalue weighted by Crippen LogP contribution is 2.37. The maximum Gasteiger partial charge on any atom is 0.316 e. The van der Waals surface area contributed by atoms with Gasteiger partial charge in [0.2, 0.25) is 0 Å². The molecule has 0 radical (unpaired) electrons. The second-order valence-corrected chi connectivity index (χ2v) is 9.04. The number of amides is 2. The molecule has 1 unspecified atom stereocenters. The van der Waals surface area contributed by atoms with Crippen molar-refractivity contribution >= 4 is 43.2 Å². The molecule has 3 N–H and O–H groups in total. The highest BCUT2D eigenvalue weighted by atomic mass is 32.1. The van der Waals surface area contributed by atoms with Crippen molar-refractivity contribution in [2.45, 2.75) is 12.3 Å². The van der Waals surface area contributed by atoms with Crippen molar-refractivity contribution in [2.24, 2.45) is 5.73 Å². The summed E-state index contributed by atoms with van der Waals surface area (Å²) in [6, 6.07) is 24.3. The van der Waals surface area contributed by atoms with Crippen LogP contribution in [0.4, 0.5) is 10.5 Å². The van der Waals surface area contributed by atoms with E-state index in [-0.39, 0.29) is 0 Å². The van der Waals surface area contributed by atoms with E-state index < -0.39 is 6.03 Å². The molecule has 1 aromatic heterocycles. The summed E-state index contributed by atoms with van der Waals surface area (Å²) < 4.78 is 7.46. The van der Waals surface area contributed by atoms with Gasteiger partial charge in [-0.2, -0.15) is 0 Å². The first kappa shape index (κ1) is 22.3. The molecular formula is C26H29N3O2S. The van der Waals surface area contributed by atoms with Gasteiger partial charge in [-0.1, -0.05) is 54.6 Å². The fourth-order valence-electron chi connectivity index (χ4n) is 4.26. The van der Waals surface area contributed by atoms with Crippen LogP contribution in [-0.4, -0.2) is 44.3 Å². The zero-order valence-corrected chi connectivity index (χ0v) is 19.1. The maximum absolute atomic E-state index is 11.0. The van der Waals surface area contributed by atoms with Gasteiger partial charge in [-0.25, -0.2) is 4.79 Å². The Hall–Kier alpha value is -2.93. The van der Waals surface area contributed by atoms with Gasteiger partial charge < -0.3 is 20.7 Å². The van der Waals surface area contributed by atoms with Crippen molar-refractivity contribution in [3.05, 3.63) is 78.4 Å². The van der Waals surface area contributed by atoms with Crippen LogP contribution >= 0.6 is 11.3 Å². The Morgan fingerprint density at radius 3 is 2.59 bits per heavy atom. The number of urea groups is 1. The minimum atomic E-state index is -0.534. The van der Waals surface area contributed by atoms with E-state index in [9.17, 15) is 4.79 Å². The van der Waals surface area contributed by atoms with Crippen LogP contribution in [0, 0.1) is 0 Å². The lowest BCUT2D eigenvalue weighted by Gasteiger charge is -2.15. The topological polar surface area (TPSA) is 67.6 Å². The highest BCUT2D eigenvalue weighted by molar-refractivity contribution is 7.25. The minimum absolute atomic E-state index is 0.534. The number of carbonyl (C=O) groups excluding carboxylic acids is 1. The molecule has 5 rings (SSSR count). The number of anilines is 1. The van der Waals surface area contributed by atoms with Crippen molar-refractivity contribution in [2.75, 3.05) is 38.7 Å². The third-order valence-corrected chi connectivity index (χ3v) is 6.95. The minimum Gasteiger partial charge on any atom is -0.383 e. The molecule has 5 nitrogen and oxygen atoms in total. The number of thiophene rings is 1. The van der Waals surface area contributed by atoms with Crippen LogP contribution in [0.25, 0.3) is 20.2 Å². The van der Waals surface area contributed by atoms with Gasteiger partial charge in [0.25, 0.3) is 0 Å². The second kappa shape index (κ2) is 10.6. The van der Waals surface area contributed by atoms with E-state index in [0.29, 0.717) is 0 Å². The molecule has 0 spiro atoms. The van der Waals surface area contributed by atoms with Crippen LogP contribution in [0.1, 0.15) is 17.9 Å². The number of nitrogens with zero attached hydrogens (tertiary/aromatic N) is 1. The van der Waals surface area contributed by atoms with Crippen LogP contribution in [0.3, 0.4) is 0 Å². The number of ether oxygens (including phenoxy) is 1. The lowest BCUT2D eigenvalue weighted by atomic mass is 9.99. The van der Waals surface area contributed by atoms with Gasteiger partial charge in [0, 0.05) is 40.4 Å². The SMILES string of the molecule is COCCN1CCC(c2ccccc2)C1.NC(=O)Nc1cccc2sc3ccccc3c12. The Morgan fingerprint density at radius 2 is 1.81 bits per heavy atom. The van der Waals surface area contributed by atoms with E-state index in [2.05, 4.69) is 52.7 Å². The van der Waals surface area contributed by atoms with Crippen LogP contribution < -0.4 is 11.1 Å². The average molecular weight is 448 g/mol. The number of likely N-dealkylation sites (tertiary alicyclic amines) is 1. The molecule has 32 heavy (non-hydrogen) atoms. The second-order valence-electron chi connectivity index (χ2n) is 7.96. The van der Waals surface area contributed by atoms with E-state index in [1.807, 2.05) is 30.3 Å². The lowest BCUT2D eigenvalue weighted by Crippen LogP contribution is -2.24. The third-order valence-electron chi connectivity index (χ3n) is 5.82. The summed E-state index contributed by atoms with van der Waals surface area (Å²) in [6.45, 7) is 4.32. The zero-order chi connectivity index (χ0) is 22.3. The zero-order valence-electron chi connectivity index (χ0n) is 18.3. The van der Waals surface area contributed by atoms with E-state index in [1.54, 1.807) is 18.4 Å². The molecule has 3 aromatic carbocycles. The van der Waals surface area contributed by atoms with Gasteiger partial charge >= 0.3 is 6.03 Å². The third kappa shape index (κ3) is 5.27. The molecule has 6 heteroatoms. The summed E-state index contributed by atoms with van der Waals surface area (Å²) in [5, 5.41) is 4.88. The molecule has 4 aromatic rings. The first-order chi connectivity index (χ1) is 15.7. The molecule has 1 saturated heterocycles. The first-order valence-corrected chi connectivity index (χ1v) is 11.7. The van der Waals surface area contributed by atoms with E-state index in [0.717, 1.165) is 40.2 Å². The summed E-state index contributed by atoms with van der Waals surface area (Å²) >= 11 is 1.71. The van der Waals surface area contributed by atoms with Crippen molar-refractivity contribution in [3.8, 4) is 0 Å². The molecule has 0 aliphatic carbocycles. The molecule has 0 saturated carbocycles. The number of nitrogens with one attached hydrogen (secondary N) is 1. The maximum atomic E-state index is 11.0. The standard InChI is InChI=1S/C13H10N2OS.C13H19NO/c14-13(16)15-9-5-3-7-11-12(9)8-4-1-2-6-10(8)17-11;1-15-10-9-14-8-7-13(11-14)12-5-3-2-4-6-12/h1-7H,(H3,14,15,16);2-6,13H,7-11H2,1H3. The van der Waals surface area contributed by atoms with Crippen LogP contribution in [0.15, 0.2) is 72.8 Å². The summed E-state index contributed by atoms with van der Waals surface area (Å²) in [5.74, 6) is 0.725. The molecule has 1 aliphatic heterocycles. The monoisotopic (exact) mass is 447 g/mol. The highest BCUT2D eigenvalue weighted by Gasteiger charge is 2.22. The number of fused-ring (bicyclic) bond motifs is 3. The quantitative estimate of drug-likeness (QED) is 0.414. The fourth-order valence-corrected chi connectivity index (χ4v) is 5.40. The summed E-state index contributed by atoms with van der Waals surface area (Å²) in [6.07, 6.45) is 1.29. The summed E-state index contributed by atoms with van der Waals surface area (Å²) in [4.78, 5) is 13.5. The van der Waals surface area contributed by atoms with E-state index >= 15 is 0 Å². The average Bonchev–Trinajstić information content (AvgIpc) is 3.43. The Labute approximate surface area is 192 Å². The number of hydrogen-bond donors (Lipinski definition) is 2. The van der Waals surface area contributed by atoms with Gasteiger partial charge in [-0.3, -0.25) is 0 Å². The fraction of sp³-hybridized carbons (Fsp3) is 0.269. The Kier molecular flexibility index (Phi) is 7.37. The van der Waals surface area contributed by atoms with Gasteiger partial charge in [-0.05, 0) is 42.6 Å². The number of benzene rings is 3. The molecule has 0 bridgehead atoms. The summed E-state index contributed by atoms with van der Waals surface area (Å²) in [5.41, 5.74) is 7.44. The van der Waals surface area contributed by atoms with Crippen LogP contribution in [0.5, 0.6) is 0 Å². The molecule has 2 amide bonds.